The van der Waals surface area contributed by atoms with Crippen molar-refractivity contribution in [3.63, 3.8) is 0 Å². The molecule has 1 aromatic heterocycles. The van der Waals surface area contributed by atoms with Gasteiger partial charge in [-0.05, 0) is 19.4 Å². The second-order valence-electron chi connectivity index (χ2n) is 2.98. The summed E-state index contributed by atoms with van der Waals surface area (Å²) in [5.41, 5.74) is 1.07. The number of rotatable bonds is 5. The van der Waals surface area contributed by atoms with Gasteiger partial charge in [0.1, 0.15) is 0 Å². The van der Waals surface area contributed by atoms with Crippen LogP contribution >= 0.6 is 11.3 Å². The minimum absolute atomic E-state index is 0.111. The molecule has 0 bridgehead atoms. The van der Waals surface area contributed by atoms with Crippen LogP contribution in [0.1, 0.15) is 17.1 Å². The minimum atomic E-state index is -0.111. The number of amides is 1. The van der Waals surface area contributed by atoms with Gasteiger partial charge in [0.2, 0.25) is 5.91 Å². The van der Waals surface area contributed by atoms with Gasteiger partial charge in [0.05, 0.1) is 5.01 Å². The Balaban J connectivity index is 2.16. The molecule has 0 atom stereocenters. The van der Waals surface area contributed by atoms with E-state index in [1.54, 1.807) is 11.3 Å². The maximum absolute atomic E-state index is 10.8. The number of nitrogens with zero attached hydrogens (tertiary/aromatic N) is 1. The molecule has 1 heterocycles. The van der Waals surface area contributed by atoms with Gasteiger partial charge < -0.3 is 5.32 Å². The van der Waals surface area contributed by atoms with E-state index in [1.807, 2.05) is 12.3 Å². The highest BCUT2D eigenvalue weighted by molar-refractivity contribution is 7.09. The Hall–Kier alpha value is -1.16. The zero-order chi connectivity index (χ0) is 10.4. The molecule has 3 nitrogen and oxygen atoms in total. The Morgan fingerprint density at radius 3 is 3.14 bits per heavy atom. The molecule has 0 unspecified atom stereocenters. The van der Waals surface area contributed by atoms with E-state index in [0.717, 1.165) is 23.5 Å². The number of hydrogen-bond donors (Lipinski definition) is 1. The van der Waals surface area contributed by atoms with Gasteiger partial charge in [-0.25, -0.2) is 4.98 Å². The van der Waals surface area contributed by atoms with Crippen molar-refractivity contribution < 1.29 is 4.79 Å². The molecule has 14 heavy (non-hydrogen) atoms. The Morgan fingerprint density at radius 2 is 2.57 bits per heavy atom. The zero-order valence-electron chi connectivity index (χ0n) is 8.25. The molecule has 0 aliphatic carbocycles. The summed E-state index contributed by atoms with van der Waals surface area (Å²) < 4.78 is 0. The molecule has 76 valence electrons. The lowest BCUT2D eigenvalue weighted by atomic mass is 10.3. The molecule has 1 amide bonds. The molecule has 0 saturated heterocycles. The van der Waals surface area contributed by atoms with Crippen LogP contribution in [0.25, 0.3) is 0 Å². The topological polar surface area (TPSA) is 42.0 Å². The van der Waals surface area contributed by atoms with Gasteiger partial charge in [-0.1, -0.05) is 6.58 Å². The summed E-state index contributed by atoms with van der Waals surface area (Å²) in [5, 5.41) is 5.90. The third-order valence-corrected chi connectivity index (χ3v) is 2.75. The minimum Gasteiger partial charge on any atom is -0.353 e. The summed E-state index contributed by atoms with van der Waals surface area (Å²) in [4.78, 5) is 15.1. The van der Waals surface area contributed by atoms with Crippen molar-refractivity contribution in [3.05, 3.63) is 28.7 Å². The molecule has 0 aliphatic rings. The lowest BCUT2D eigenvalue weighted by molar-refractivity contribution is -0.116. The number of nitrogens with one attached hydrogen (secondary N) is 1. The number of carbonyl (C=O) groups excluding carboxylic acids is 1. The number of thiazole rings is 1. The van der Waals surface area contributed by atoms with Crippen molar-refractivity contribution in [2.24, 2.45) is 0 Å². The smallest absolute Gasteiger partial charge is 0.243 e. The average molecular weight is 210 g/mol. The predicted molar refractivity (Wildman–Crippen MR) is 58.4 cm³/mol. The Bertz CT molecular complexity index is 320. The molecule has 0 aromatic carbocycles. The summed E-state index contributed by atoms with van der Waals surface area (Å²) in [7, 11) is 0. The fourth-order valence-electron chi connectivity index (χ4n) is 1.04. The quantitative estimate of drug-likeness (QED) is 0.593. The van der Waals surface area contributed by atoms with Gasteiger partial charge in [-0.2, -0.15) is 0 Å². The molecule has 0 spiro atoms. The summed E-state index contributed by atoms with van der Waals surface area (Å²) in [6.45, 7) is 6.05. The van der Waals surface area contributed by atoms with Crippen LogP contribution in [0.3, 0.4) is 0 Å². The summed E-state index contributed by atoms with van der Waals surface area (Å²) >= 11 is 1.67. The summed E-state index contributed by atoms with van der Waals surface area (Å²) in [6.07, 6.45) is 3.13. The van der Waals surface area contributed by atoms with Crippen LogP contribution in [0.5, 0.6) is 0 Å². The molecular weight excluding hydrogens is 196 g/mol. The van der Waals surface area contributed by atoms with E-state index in [2.05, 4.69) is 16.9 Å². The molecule has 1 aromatic rings. The fraction of sp³-hybridized carbons (Fsp3) is 0.400. The van der Waals surface area contributed by atoms with Gasteiger partial charge in [-0.15, -0.1) is 11.3 Å². The third kappa shape index (κ3) is 3.70. The lowest BCUT2D eigenvalue weighted by Gasteiger charge is -1.99. The molecule has 0 aliphatic heterocycles. The first-order valence-corrected chi connectivity index (χ1v) is 5.41. The maximum Gasteiger partial charge on any atom is 0.243 e. The van der Waals surface area contributed by atoms with Crippen LogP contribution in [0.2, 0.25) is 0 Å². The van der Waals surface area contributed by atoms with Crippen LogP contribution in [-0.4, -0.2) is 17.4 Å². The van der Waals surface area contributed by atoms with Gasteiger partial charge >= 0.3 is 0 Å². The van der Waals surface area contributed by atoms with Gasteiger partial charge in [0.15, 0.2) is 0 Å². The highest BCUT2D eigenvalue weighted by atomic mass is 32.1. The number of aryl methyl sites for hydroxylation is 2. The Kier molecular flexibility index (Phi) is 4.32. The van der Waals surface area contributed by atoms with Gasteiger partial charge in [0, 0.05) is 24.0 Å². The Labute approximate surface area is 87.9 Å². The molecular formula is C10H14N2OS. The molecule has 4 heteroatoms. The first kappa shape index (κ1) is 10.9. The molecule has 0 fully saturated rings. The van der Waals surface area contributed by atoms with E-state index >= 15 is 0 Å². The van der Waals surface area contributed by atoms with Gasteiger partial charge in [0.25, 0.3) is 0 Å². The molecule has 0 radical (unpaired) electrons. The third-order valence-electron chi connectivity index (χ3n) is 1.72. The van der Waals surface area contributed by atoms with Crippen LogP contribution < -0.4 is 5.32 Å². The van der Waals surface area contributed by atoms with E-state index in [9.17, 15) is 4.79 Å². The van der Waals surface area contributed by atoms with Crippen molar-refractivity contribution in [1.29, 1.82) is 0 Å². The van der Waals surface area contributed by atoms with Crippen LogP contribution in [0.4, 0.5) is 0 Å². The predicted octanol–water partition coefficient (Wildman–Crippen LogP) is 1.69. The maximum atomic E-state index is 10.8. The Morgan fingerprint density at radius 1 is 1.79 bits per heavy atom. The van der Waals surface area contributed by atoms with Crippen LogP contribution in [0, 0.1) is 6.92 Å². The van der Waals surface area contributed by atoms with Crippen molar-refractivity contribution in [2.45, 2.75) is 19.8 Å². The fourth-order valence-corrected chi connectivity index (χ4v) is 1.86. The number of hydrogen-bond acceptors (Lipinski definition) is 3. The highest BCUT2D eigenvalue weighted by Crippen LogP contribution is 2.10. The summed E-state index contributed by atoms with van der Waals surface area (Å²) in [5.74, 6) is -0.111. The van der Waals surface area contributed by atoms with E-state index < -0.39 is 0 Å². The van der Waals surface area contributed by atoms with E-state index in [4.69, 9.17) is 0 Å². The van der Waals surface area contributed by atoms with Gasteiger partial charge in [-0.3, -0.25) is 4.79 Å². The first-order valence-electron chi connectivity index (χ1n) is 4.53. The SMILES string of the molecule is C=CC(=O)NCCCc1nc(C)cs1. The first-order chi connectivity index (χ1) is 6.72. The monoisotopic (exact) mass is 210 g/mol. The molecule has 0 saturated carbocycles. The summed E-state index contributed by atoms with van der Waals surface area (Å²) in [6, 6.07) is 0. The number of aromatic nitrogens is 1. The van der Waals surface area contributed by atoms with E-state index in [1.165, 1.54) is 6.08 Å². The standard InChI is InChI=1S/C10H14N2OS/c1-3-9(13)11-6-4-5-10-12-8(2)7-14-10/h3,7H,1,4-6H2,2H3,(H,11,13). The lowest BCUT2D eigenvalue weighted by Crippen LogP contribution is -2.22. The normalized spacial score (nSPS) is 9.79. The highest BCUT2D eigenvalue weighted by Gasteiger charge is 1.98. The van der Waals surface area contributed by atoms with Crippen LogP contribution in [0.15, 0.2) is 18.0 Å². The average Bonchev–Trinajstić information content (AvgIpc) is 2.58. The van der Waals surface area contributed by atoms with Crippen molar-refractivity contribution in [1.82, 2.24) is 10.3 Å². The second-order valence-corrected chi connectivity index (χ2v) is 3.92. The van der Waals surface area contributed by atoms with Crippen molar-refractivity contribution in [3.8, 4) is 0 Å². The largest absolute Gasteiger partial charge is 0.353 e. The van der Waals surface area contributed by atoms with Crippen LogP contribution in [-0.2, 0) is 11.2 Å². The zero-order valence-corrected chi connectivity index (χ0v) is 9.06. The second kappa shape index (κ2) is 5.54. The number of carbonyl (C=O) groups is 1. The van der Waals surface area contributed by atoms with E-state index in [0.29, 0.717) is 6.54 Å². The van der Waals surface area contributed by atoms with Crippen molar-refractivity contribution in [2.75, 3.05) is 6.54 Å². The van der Waals surface area contributed by atoms with Crippen molar-refractivity contribution >= 4 is 17.2 Å². The molecule has 1 N–H and O–H groups in total. The van der Waals surface area contributed by atoms with E-state index in [-0.39, 0.29) is 5.91 Å². The molecule has 1 rings (SSSR count).